The average Bonchev–Trinajstić information content (AvgIpc) is 3.25. The largest absolute Gasteiger partial charge is 0.479 e. The number of fused-ring (bicyclic) bond motifs is 7. The van der Waals surface area contributed by atoms with Gasteiger partial charge in [-0.25, -0.2) is 4.79 Å². The monoisotopic (exact) mass is 943 g/mol. The Kier molecular flexibility index (Phi) is 13.7. The van der Waals surface area contributed by atoms with Crippen molar-refractivity contribution in [2.75, 3.05) is 13.2 Å². The Bertz CT molecular complexity index is 1820. The van der Waals surface area contributed by atoms with Crippen LogP contribution in [-0.4, -0.2) is 180 Å². The minimum Gasteiger partial charge on any atom is -0.479 e. The number of rotatable bonds is 9. The molecule has 11 N–H and O–H groups in total. The van der Waals surface area contributed by atoms with Crippen LogP contribution in [0.3, 0.4) is 0 Å². The predicted octanol–water partition coefficient (Wildman–Crippen LogP) is 0.705. The standard InChI is InChI=1S/C48H78O18/c1-21-29(52)31(54)35(58)40(61-21)65-37-32(55)30(53)24(19-49)62-41(37)66-38-34(57)33(56)36(39(59)60)64-42(38)63-28-12-13-45(5)25(46(28,6)20-50)11-14-48(8)26(45)10-9-22-23-17-43(2,3)18-27(51)44(23,4)15-16-47(22,48)7/h9,21,23-38,40-42,49-58H,10-20H2,1-8H3,(H,59,60)/t21-,23?,24+,25+,26?,27?,28?,29-,30-,31+,32-,33-,34-,35+,36-,37+,38+,40-,41-,42+,44?,45?,46+,47+,48?/m0/s1. The number of aliphatic hydroxyl groups excluding tert-OH is 10. The Labute approximate surface area is 387 Å². The summed E-state index contributed by atoms with van der Waals surface area (Å²) in [6.07, 6.45) is -17.6. The van der Waals surface area contributed by atoms with Crippen molar-refractivity contribution in [1.82, 2.24) is 0 Å². The van der Waals surface area contributed by atoms with Gasteiger partial charge >= 0.3 is 5.97 Å². The maximum Gasteiger partial charge on any atom is 0.335 e. The number of carboxylic acid groups (broad SMARTS) is 1. The maximum atomic E-state index is 12.5. The van der Waals surface area contributed by atoms with Crippen LogP contribution in [0.2, 0.25) is 0 Å². The molecule has 0 aromatic rings. The normalized spacial score (nSPS) is 55.9. The molecule has 3 aliphatic heterocycles. The molecule has 18 heteroatoms. The molecule has 0 amide bonds. The lowest BCUT2D eigenvalue weighted by atomic mass is 9.33. The molecule has 7 unspecified atom stereocenters. The van der Waals surface area contributed by atoms with Gasteiger partial charge in [-0.15, -0.1) is 0 Å². The number of allylic oxidation sites excluding steroid dienone is 2. The number of ether oxygens (including phenoxy) is 6. The molecule has 8 rings (SSSR count). The van der Waals surface area contributed by atoms with Crippen LogP contribution in [-0.2, 0) is 33.2 Å². The van der Waals surface area contributed by atoms with Gasteiger partial charge in [-0.1, -0.05) is 60.1 Å². The zero-order chi connectivity index (χ0) is 48.4. The summed E-state index contributed by atoms with van der Waals surface area (Å²) < 4.78 is 36.2. The van der Waals surface area contributed by atoms with Crippen LogP contribution < -0.4 is 0 Å². The fourth-order valence-electron chi connectivity index (χ4n) is 15.1. The van der Waals surface area contributed by atoms with Crippen molar-refractivity contribution >= 4 is 5.97 Å². The molecular formula is C48H78O18. The highest BCUT2D eigenvalue weighted by molar-refractivity contribution is 5.73. The highest BCUT2D eigenvalue weighted by atomic mass is 16.8. The van der Waals surface area contributed by atoms with Crippen molar-refractivity contribution < 1.29 is 89.4 Å². The summed E-state index contributed by atoms with van der Waals surface area (Å²) in [5, 5.41) is 120. The molecule has 8 aliphatic rings. The first-order valence-electron chi connectivity index (χ1n) is 24.3. The van der Waals surface area contributed by atoms with Gasteiger partial charge in [0.1, 0.15) is 61.0 Å². The quantitative estimate of drug-likeness (QED) is 0.112. The number of hydrogen-bond acceptors (Lipinski definition) is 17. The van der Waals surface area contributed by atoms with E-state index in [9.17, 15) is 61.0 Å². The molecule has 7 fully saturated rings. The molecule has 3 saturated heterocycles. The van der Waals surface area contributed by atoms with Crippen molar-refractivity contribution in [3.8, 4) is 0 Å². The number of hydrogen-bond donors (Lipinski definition) is 11. The molecule has 0 bridgehead atoms. The van der Waals surface area contributed by atoms with E-state index >= 15 is 0 Å². The summed E-state index contributed by atoms with van der Waals surface area (Å²) in [4.78, 5) is 12.5. The third kappa shape index (κ3) is 7.78. The van der Waals surface area contributed by atoms with Crippen LogP contribution in [0.1, 0.15) is 113 Å². The zero-order valence-corrected chi connectivity index (χ0v) is 39.7. The predicted molar refractivity (Wildman–Crippen MR) is 231 cm³/mol. The van der Waals surface area contributed by atoms with Gasteiger partial charge in [0.05, 0.1) is 31.5 Å². The van der Waals surface area contributed by atoms with Gasteiger partial charge in [0.25, 0.3) is 0 Å². The van der Waals surface area contributed by atoms with Gasteiger partial charge < -0.3 is 84.6 Å². The van der Waals surface area contributed by atoms with Gasteiger partial charge in [0.2, 0.25) is 0 Å². The van der Waals surface area contributed by atoms with E-state index in [1.165, 1.54) is 12.5 Å². The van der Waals surface area contributed by atoms with Crippen molar-refractivity contribution in [2.45, 2.75) is 218 Å². The number of carbonyl (C=O) groups is 1. The van der Waals surface area contributed by atoms with E-state index in [0.29, 0.717) is 12.8 Å². The summed E-state index contributed by atoms with van der Waals surface area (Å²) in [7, 11) is 0. The Balaban J connectivity index is 1.08. The Morgan fingerprint density at radius 3 is 1.94 bits per heavy atom. The molecule has 5 aliphatic carbocycles. The molecule has 18 nitrogen and oxygen atoms in total. The third-order valence-corrected chi connectivity index (χ3v) is 19.5. The van der Waals surface area contributed by atoms with Crippen molar-refractivity contribution in [1.29, 1.82) is 0 Å². The fraction of sp³-hybridized carbons (Fsp3) is 0.938. The highest BCUT2D eigenvalue weighted by Crippen LogP contribution is 2.76. The molecule has 0 aromatic heterocycles. The molecule has 0 aromatic carbocycles. The summed E-state index contributed by atoms with van der Waals surface area (Å²) >= 11 is 0. The molecule has 66 heavy (non-hydrogen) atoms. The van der Waals surface area contributed by atoms with Crippen LogP contribution >= 0.6 is 0 Å². The lowest BCUT2D eigenvalue weighted by Crippen LogP contribution is -2.68. The van der Waals surface area contributed by atoms with Crippen molar-refractivity contribution in [2.24, 2.45) is 50.2 Å². The summed E-state index contributed by atoms with van der Waals surface area (Å²) in [5.74, 6) is -1.16. The molecule has 0 spiro atoms. The molecule has 4 saturated carbocycles. The third-order valence-electron chi connectivity index (χ3n) is 19.5. The van der Waals surface area contributed by atoms with Crippen molar-refractivity contribution in [3.63, 3.8) is 0 Å². The second kappa shape index (κ2) is 17.7. The van der Waals surface area contributed by atoms with E-state index in [-0.39, 0.29) is 57.5 Å². The Hall–Kier alpha value is -1.43. The minimum absolute atomic E-state index is 0.0166. The molecule has 0 radical (unpaired) electrons. The first kappa shape index (κ1) is 50.9. The van der Waals surface area contributed by atoms with Crippen LogP contribution in [0.25, 0.3) is 0 Å². The van der Waals surface area contributed by atoms with E-state index in [2.05, 4.69) is 47.6 Å². The van der Waals surface area contributed by atoms with Crippen LogP contribution in [0.4, 0.5) is 0 Å². The van der Waals surface area contributed by atoms with Crippen LogP contribution in [0.5, 0.6) is 0 Å². The Morgan fingerprint density at radius 1 is 0.667 bits per heavy atom. The van der Waals surface area contributed by atoms with Gasteiger partial charge in [-0.2, -0.15) is 0 Å². The summed E-state index contributed by atoms with van der Waals surface area (Å²) in [6.45, 7) is 16.3. The second-order valence-electron chi connectivity index (χ2n) is 23.6. The second-order valence-corrected chi connectivity index (χ2v) is 23.6. The van der Waals surface area contributed by atoms with E-state index in [4.69, 9.17) is 28.4 Å². The van der Waals surface area contributed by atoms with Gasteiger partial charge in [-0.05, 0) is 104 Å². The number of carboxylic acids is 1. The Morgan fingerprint density at radius 2 is 1.30 bits per heavy atom. The SMILES string of the molecule is C[C@@H]1O[C@@H](O[C@H]2[C@H](O[C@H]3[C@H](OC4CCC5(C)C6CC=C7C8CC(C)(C)CC(O)C8(C)CC[C@@]7(C)C6(C)CC[C@H]5[C@@]4(C)CO)O[C@H](C(=O)O)[C@@H](O)[C@@H]3O)O[C@H](CO)[C@H](O)[C@@H]2O)[C@H](O)[C@H](O)[C@H]1O. The van der Waals surface area contributed by atoms with Crippen LogP contribution in [0.15, 0.2) is 11.6 Å². The van der Waals surface area contributed by atoms with E-state index in [0.717, 1.165) is 44.9 Å². The zero-order valence-electron chi connectivity index (χ0n) is 39.7. The average molecular weight is 943 g/mol. The van der Waals surface area contributed by atoms with E-state index in [1.807, 2.05) is 6.92 Å². The van der Waals surface area contributed by atoms with Crippen molar-refractivity contribution in [3.05, 3.63) is 11.6 Å². The lowest BCUT2D eigenvalue weighted by Gasteiger charge is -2.72. The molecule has 378 valence electrons. The molecular weight excluding hydrogens is 865 g/mol. The van der Waals surface area contributed by atoms with Crippen LogP contribution in [0, 0.1) is 50.2 Å². The van der Waals surface area contributed by atoms with Gasteiger partial charge in [-0.3, -0.25) is 0 Å². The summed E-state index contributed by atoms with van der Waals surface area (Å²) in [5.41, 5.74) is -0.0545. The first-order chi connectivity index (χ1) is 30.7. The molecule has 25 atom stereocenters. The number of aliphatic carboxylic acids is 1. The summed E-state index contributed by atoms with van der Waals surface area (Å²) in [6, 6.07) is 0. The highest BCUT2D eigenvalue weighted by Gasteiger charge is 2.70. The molecule has 3 heterocycles. The van der Waals surface area contributed by atoms with Gasteiger partial charge in [0.15, 0.2) is 25.0 Å². The lowest BCUT2D eigenvalue weighted by molar-refractivity contribution is -0.396. The maximum absolute atomic E-state index is 12.5. The minimum atomic E-state index is -2.07. The van der Waals surface area contributed by atoms with Gasteiger partial charge in [0, 0.05) is 10.8 Å². The van der Waals surface area contributed by atoms with E-state index < -0.39 is 116 Å². The smallest absolute Gasteiger partial charge is 0.335 e. The fourth-order valence-corrected chi connectivity index (χ4v) is 15.1. The topological polar surface area (TPSA) is 295 Å². The first-order valence-corrected chi connectivity index (χ1v) is 24.3. The number of aliphatic hydroxyl groups is 10. The van der Waals surface area contributed by atoms with E-state index in [1.54, 1.807) is 0 Å².